The molecular weight excluding hydrogens is 508 g/mol. The van der Waals surface area contributed by atoms with Crippen molar-refractivity contribution in [2.45, 2.75) is 56.7 Å². The zero-order valence-electron chi connectivity index (χ0n) is 20.2. The molecule has 2 aliphatic heterocycles. The molecule has 194 valence electrons. The molecule has 4 rings (SSSR count). The van der Waals surface area contributed by atoms with E-state index in [1.165, 1.54) is 12.1 Å². The van der Waals surface area contributed by atoms with Gasteiger partial charge in [-0.15, -0.1) is 0 Å². The Bertz CT molecular complexity index is 1190. The molecule has 1 fully saturated rings. The number of aliphatic hydroxyl groups is 2. The normalized spacial score (nSPS) is 26.1. The molecule has 36 heavy (non-hydrogen) atoms. The zero-order chi connectivity index (χ0) is 26.4. The summed E-state index contributed by atoms with van der Waals surface area (Å²) < 4.78 is 14.9. The number of hydrogen-bond acceptors (Lipinski definition) is 5. The van der Waals surface area contributed by atoms with Crippen LogP contribution in [0, 0.1) is 11.2 Å². The van der Waals surface area contributed by atoms with Crippen LogP contribution in [-0.4, -0.2) is 53.4 Å². The summed E-state index contributed by atoms with van der Waals surface area (Å²) in [4.78, 5) is 27.5. The van der Waals surface area contributed by atoms with Crippen molar-refractivity contribution in [2.24, 2.45) is 5.41 Å². The number of nitrogens with one attached hydrogen (secondary N) is 3. The Morgan fingerprint density at radius 3 is 2.61 bits per heavy atom. The molecule has 0 aromatic heterocycles. The number of fused-ring (bicyclic) bond motifs is 2. The first-order chi connectivity index (χ1) is 16.9. The van der Waals surface area contributed by atoms with Gasteiger partial charge in [0.05, 0.1) is 23.8 Å². The second kappa shape index (κ2) is 9.91. The average molecular weight is 538 g/mol. The van der Waals surface area contributed by atoms with E-state index in [0.29, 0.717) is 28.3 Å². The molecule has 7 nitrogen and oxygen atoms in total. The summed E-state index contributed by atoms with van der Waals surface area (Å²) in [6, 6.07) is 8.13. The third-order valence-electron chi connectivity index (χ3n) is 6.91. The van der Waals surface area contributed by atoms with Crippen LogP contribution in [0.25, 0.3) is 0 Å². The van der Waals surface area contributed by atoms with Crippen LogP contribution in [0.1, 0.15) is 44.2 Å². The topological polar surface area (TPSA) is 111 Å². The summed E-state index contributed by atoms with van der Waals surface area (Å²) in [6.07, 6.45) is -0.643. The molecule has 2 amide bonds. The van der Waals surface area contributed by atoms with Gasteiger partial charge < -0.3 is 26.2 Å². The highest BCUT2D eigenvalue weighted by Crippen LogP contribution is 2.57. The number of benzene rings is 2. The Balaban J connectivity index is 1.94. The van der Waals surface area contributed by atoms with Crippen molar-refractivity contribution in [1.29, 1.82) is 0 Å². The van der Waals surface area contributed by atoms with Crippen LogP contribution in [0.2, 0.25) is 10.0 Å². The summed E-state index contributed by atoms with van der Waals surface area (Å²) in [6.45, 7) is 5.40. The van der Waals surface area contributed by atoms with E-state index in [-0.39, 0.29) is 22.9 Å². The lowest BCUT2D eigenvalue weighted by Gasteiger charge is -2.37. The minimum Gasteiger partial charge on any atom is -0.394 e. The summed E-state index contributed by atoms with van der Waals surface area (Å²) in [5.41, 5.74) is -0.151. The second-order valence-corrected chi connectivity index (χ2v) is 11.6. The van der Waals surface area contributed by atoms with Gasteiger partial charge in [0.25, 0.3) is 0 Å². The van der Waals surface area contributed by atoms with E-state index in [0.717, 1.165) is 0 Å². The number of aliphatic hydroxyl groups excluding tert-OH is 2. The fourth-order valence-corrected chi connectivity index (χ4v) is 5.89. The smallest absolute Gasteiger partial charge is 0.237 e. The highest BCUT2D eigenvalue weighted by molar-refractivity contribution is 6.31. The molecule has 5 atom stereocenters. The molecule has 0 bridgehead atoms. The summed E-state index contributed by atoms with van der Waals surface area (Å²) in [7, 11) is 0. The summed E-state index contributed by atoms with van der Waals surface area (Å²) in [5.74, 6) is -2.25. The quantitative estimate of drug-likeness (QED) is 0.388. The Morgan fingerprint density at radius 2 is 1.97 bits per heavy atom. The van der Waals surface area contributed by atoms with E-state index >= 15 is 0 Å². The molecule has 0 saturated carbocycles. The van der Waals surface area contributed by atoms with Crippen molar-refractivity contribution in [1.82, 2.24) is 10.6 Å². The van der Waals surface area contributed by atoms with Crippen molar-refractivity contribution >= 4 is 40.7 Å². The standard InChI is InChI=1S/C26H30Cl2FN3O4/c1-25(2,3)10-20-26(16-8-18(29)17(28)9-19(16)31-24(26)36)21(13-5-4-6-14(27)7-13)22(32-20)23(35)30-11-15(34)12-33/h4-9,15,20-22,32-34H,10-12H2,1-3H3,(H,30,35)(H,31,36)/t15-,20-,21+,22?,26+/m1/s1. The van der Waals surface area contributed by atoms with Gasteiger partial charge in [-0.1, -0.05) is 56.1 Å². The minimum atomic E-state index is -1.35. The Labute approximate surface area is 219 Å². The Hall–Kier alpha value is -2.23. The van der Waals surface area contributed by atoms with E-state index in [1.54, 1.807) is 24.3 Å². The predicted octanol–water partition coefficient (Wildman–Crippen LogP) is 3.35. The van der Waals surface area contributed by atoms with Crippen molar-refractivity contribution in [2.75, 3.05) is 18.5 Å². The number of amides is 2. The molecule has 10 heteroatoms. The number of carbonyl (C=O) groups is 2. The fourth-order valence-electron chi connectivity index (χ4n) is 5.53. The lowest BCUT2D eigenvalue weighted by molar-refractivity contribution is -0.124. The van der Waals surface area contributed by atoms with Gasteiger partial charge in [-0.25, -0.2) is 4.39 Å². The van der Waals surface area contributed by atoms with E-state index in [4.69, 9.17) is 23.2 Å². The Morgan fingerprint density at radius 1 is 1.25 bits per heavy atom. The maximum Gasteiger partial charge on any atom is 0.237 e. The number of hydrogen-bond donors (Lipinski definition) is 5. The number of rotatable bonds is 6. The van der Waals surface area contributed by atoms with E-state index in [1.807, 2.05) is 20.8 Å². The van der Waals surface area contributed by atoms with Crippen LogP contribution in [0.5, 0.6) is 0 Å². The third kappa shape index (κ3) is 4.73. The monoisotopic (exact) mass is 537 g/mol. The van der Waals surface area contributed by atoms with Crippen LogP contribution < -0.4 is 16.0 Å². The molecule has 2 aliphatic rings. The van der Waals surface area contributed by atoms with Gasteiger partial charge in [0, 0.05) is 29.2 Å². The molecule has 5 N–H and O–H groups in total. The SMILES string of the molecule is CC(C)(C)C[C@H]1NC(C(=O)NC[C@@H](O)CO)[C@H](c2cccc(Cl)c2)[C@@]12C(=O)Nc1cc(Cl)c(F)cc12. The molecule has 0 radical (unpaired) electrons. The lowest BCUT2D eigenvalue weighted by Crippen LogP contribution is -2.49. The van der Waals surface area contributed by atoms with E-state index < -0.39 is 47.9 Å². The van der Waals surface area contributed by atoms with E-state index in [2.05, 4.69) is 16.0 Å². The average Bonchev–Trinajstić information content (AvgIpc) is 3.26. The van der Waals surface area contributed by atoms with Crippen molar-refractivity contribution < 1.29 is 24.2 Å². The largest absolute Gasteiger partial charge is 0.394 e. The van der Waals surface area contributed by atoms with Crippen LogP contribution >= 0.6 is 23.2 Å². The Kier molecular flexibility index (Phi) is 7.38. The van der Waals surface area contributed by atoms with Gasteiger partial charge >= 0.3 is 0 Å². The molecule has 1 saturated heterocycles. The predicted molar refractivity (Wildman–Crippen MR) is 137 cm³/mol. The van der Waals surface area contributed by atoms with Gasteiger partial charge in [0.15, 0.2) is 0 Å². The van der Waals surface area contributed by atoms with Gasteiger partial charge in [0.2, 0.25) is 11.8 Å². The van der Waals surface area contributed by atoms with Gasteiger partial charge in [-0.05, 0) is 47.2 Å². The molecule has 0 aliphatic carbocycles. The van der Waals surface area contributed by atoms with Crippen LogP contribution in [0.4, 0.5) is 10.1 Å². The highest BCUT2D eigenvalue weighted by atomic mass is 35.5. The first kappa shape index (κ1) is 26.8. The maximum absolute atomic E-state index is 14.9. The van der Waals surface area contributed by atoms with Crippen molar-refractivity contribution in [3.63, 3.8) is 0 Å². The molecule has 1 spiro atoms. The lowest BCUT2D eigenvalue weighted by atomic mass is 9.62. The second-order valence-electron chi connectivity index (χ2n) is 10.7. The molecule has 2 aromatic rings. The van der Waals surface area contributed by atoms with Crippen molar-refractivity contribution in [3.8, 4) is 0 Å². The first-order valence-electron chi connectivity index (χ1n) is 11.8. The van der Waals surface area contributed by atoms with Crippen LogP contribution in [0.15, 0.2) is 36.4 Å². The van der Waals surface area contributed by atoms with Gasteiger partial charge in [-0.3, -0.25) is 9.59 Å². The minimum absolute atomic E-state index is 0.115. The van der Waals surface area contributed by atoms with E-state index in [9.17, 15) is 24.2 Å². The molecule has 2 aromatic carbocycles. The molecule has 1 unspecified atom stereocenters. The highest BCUT2D eigenvalue weighted by Gasteiger charge is 2.65. The summed E-state index contributed by atoms with van der Waals surface area (Å²) >= 11 is 12.4. The number of carbonyl (C=O) groups excluding carboxylic acids is 2. The molecule has 2 heterocycles. The molecular formula is C26H30Cl2FN3O4. The van der Waals surface area contributed by atoms with Crippen molar-refractivity contribution in [3.05, 3.63) is 63.4 Å². The number of anilines is 1. The fraction of sp³-hybridized carbons (Fsp3) is 0.462. The van der Waals surface area contributed by atoms with Gasteiger partial charge in [-0.2, -0.15) is 0 Å². The third-order valence-corrected chi connectivity index (χ3v) is 7.44. The summed E-state index contributed by atoms with van der Waals surface area (Å²) in [5, 5.41) is 28.2. The van der Waals surface area contributed by atoms with Crippen LogP contribution in [0.3, 0.4) is 0 Å². The first-order valence-corrected chi connectivity index (χ1v) is 12.5. The number of halogens is 3. The maximum atomic E-state index is 14.9. The van der Waals surface area contributed by atoms with Crippen LogP contribution in [-0.2, 0) is 15.0 Å². The zero-order valence-corrected chi connectivity index (χ0v) is 21.8. The van der Waals surface area contributed by atoms with Gasteiger partial charge in [0.1, 0.15) is 11.2 Å².